The number of ether oxygens (including phenoxy) is 4. The highest BCUT2D eigenvalue weighted by Crippen LogP contribution is 2.50. The van der Waals surface area contributed by atoms with Gasteiger partial charge in [-0.1, -0.05) is 12.1 Å². The van der Waals surface area contributed by atoms with Crippen molar-refractivity contribution in [2.75, 3.05) is 21.3 Å². The number of ketones is 1. The van der Waals surface area contributed by atoms with Gasteiger partial charge in [-0.05, 0) is 23.8 Å². The van der Waals surface area contributed by atoms with Gasteiger partial charge in [0.25, 0.3) is 0 Å². The molecule has 3 rings (SSSR count). The van der Waals surface area contributed by atoms with Gasteiger partial charge in [0, 0.05) is 0 Å². The molecule has 0 amide bonds. The average molecular weight is 330 g/mol. The van der Waals surface area contributed by atoms with Crippen LogP contribution >= 0.6 is 0 Å². The molecule has 1 heterocycles. The zero-order valence-electron chi connectivity index (χ0n) is 13.7. The maximum atomic E-state index is 12.5. The summed E-state index contributed by atoms with van der Waals surface area (Å²) in [6.07, 6.45) is -0.311. The third-order valence-corrected chi connectivity index (χ3v) is 4.02. The largest absolute Gasteiger partial charge is 0.502 e. The molecule has 6 heteroatoms. The first-order chi connectivity index (χ1) is 11.6. The summed E-state index contributed by atoms with van der Waals surface area (Å²) in [5.74, 6) is 0.889. The molecule has 1 atom stereocenters. The molecule has 0 bridgehead atoms. The Labute approximate surface area is 139 Å². The monoisotopic (exact) mass is 330 g/mol. The van der Waals surface area contributed by atoms with Gasteiger partial charge in [0.1, 0.15) is 11.9 Å². The van der Waals surface area contributed by atoms with E-state index in [9.17, 15) is 9.90 Å². The van der Waals surface area contributed by atoms with Crippen LogP contribution in [0.3, 0.4) is 0 Å². The summed E-state index contributed by atoms with van der Waals surface area (Å²) in [5.41, 5.74) is 1.11. The molecule has 0 saturated carbocycles. The minimum absolute atomic E-state index is 0.115. The van der Waals surface area contributed by atoms with Crippen molar-refractivity contribution in [3.8, 4) is 28.7 Å². The molecule has 2 aromatic carbocycles. The topological polar surface area (TPSA) is 74.2 Å². The number of phenols is 1. The molecule has 24 heavy (non-hydrogen) atoms. The average Bonchev–Trinajstić information content (AvgIpc) is 2.62. The van der Waals surface area contributed by atoms with Gasteiger partial charge >= 0.3 is 0 Å². The van der Waals surface area contributed by atoms with Crippen LogP contribution in [0.15, 0.2) is 30.3 Å². The molecule has 1 aliphatic rings. The molecule has 1 N–H and O–H groups in total. The molecule has 1 aliphatic heterocycles. The highest BCUT2D eigenvalue weighted by Gasteiger charge is 2.33. The van der Waals surface area contributed by atoms with Gasteiger partial charge < -0.3 is 24.1 Å². The lowest BCUT2D eigenvalue weighted by Gasteiger charge is -2.27. The van der Waals surface area contributed by atoms with E-state index in [1.54, 1.807) is 19.2 Å². The second-order valence-corrected chi connectivity index (χ2v) is 5.34. The highest BCUT2D eigenvalue weighted by atomic mass is 16.5. The van der Waals surface area contributed by atoms with E-state index >= 15 is 0 Å². The second-order valence-electron chi connectivity index (χ2n) is 5.34. The predicted octanol–water partition coefficient (Wildman–Crippen LogP) is 3.12. The van der Waals surface area contributed by atoms with Crippen LogP contribution in [0.2, 0.25) is 0 Å². The number of aromatic hydroxyl groups is 1. The normalized spacial score (nSPS) is 16.1. The van der Waals surface area contributed by atoms with E-state index in [2.05, 4.69) is 0 Å². The van der Waals surface area contributed by atoms with Crippen LogP contribution in [0.25, 0.3) is 0 Å². The Morgan fingerprint density at radius 2 is 1.79 bits per heavy atom. The molecule has 126 valence electrons. The van der Waals surface area contributed by atoms with Gasteiger partial charge in [0.05, 0.1) is 33.3 Å². The molecule has 0 spiro atoms. The Morgan fingerprint density at radius 3 is 2.38 bits per heavy atom. The maximum Gasteiger partial charge on any atom is 0.207 e. The lowest BCUT2D eigenvalue weighted by molar-refractivity contribution is 0.0840. The van der Waals surface area contributed by atoms with Crippen LogP contribution in [-0.2, 0) is 0 Å². The molecule has 0 aromatic heterocycles. The van der Waals surface area contributed by atoms with Gasteiger partial charge in [-0.15, -0.1) is 0 Å². The van der Waals surface area contributed by atoms with Crippen molar-refractivity contribution in [2.45, 2.75) is 12.5 Å². The predicted molar refractivity (Wildman–Crippen MR) is 86.5 cm³/mol. The Bertz CT molecular complexity index is 766. The maximum absolute atomic E-state index is 12.5. The molecular weight excluding hydrogens is 312 g/mol. The van der Waals surface area contributed by atoms with Crippen LogP contribution in [0.4, 0.5) is 0 Å². The van der Waals surface area contributed by atoms with Crippen LogP contribution < -0.4 is 18.9 Å². The van der Waals surface area contributed by atoms with E-state index in [4.69, 9.17) is 18.9 Å². The van der Waals surface area contributed by atoms with Crippen molar-refractivity contribution < 1.29 is 28.8 Å². The summed E-state index contributed by atoms with van der Waals surface area (Å²) >= 11 is 0. The van der Waals surface area contributed by atoms with E-state index in [0.717, 1.165) is 11.3 Å². The molecule has 0 unspecified atom stereocenters. The van der Waals surface area contributed by atoms with Crippen molar-refractivity contribution in [2.24, 2.45) is 0 Å². The Balaban J connectivity index is 2.01. The summed E-state index contributed by atoms with van der Waals surface area (Å²) < 4.78 is 21.3. The quantitative estimate of drug-likeness (QED) is 0.928. The van der Waals surface area contributed by atoms with E-state index < -0.39 is 6.10 Å². The van der Waals surface area contributed by atoms with Gasteiger partial charge in [-0.3, -0.25) is 4.79 Å². The smallest absolute Gasteiger partial charge is 0.207 e. The molecule has 0 aliphatic carbocycles. The number of benzene rings is 2. The Morgan fingerprint density at radius 1 is 1.08 bits per heavy atom. The minimum atomic E-state index is -0.486. The first kappa shape index (κ1) is 16.0. The molecule has 6 nitrogen and oxygen atoms in total. The van der Waals surface area contributed by atoms with Crippen molar-refractivity contribution in [1.82, 2.24) is 0 Å². The number of fused-ring (bicyclic) bond motifs is 1. The van der Waals surface area contributed by atoms with Gasteiger partial charge in [-0.2, -0.15) is 0 Å². The fraction of sp³-hybridized carbons (Fsp3) is 0.278. The first-order valence-electron chi connectivity index (χ1n) is 7.40. The van der Waals surface area contributed by atoms with E-state index in [0.29, 0.717) is 0 Å². The molecular formula is C18H18O6. The number of carbonyl (C=O) groups is 1. The zero-order chi connectivity index (χ0) is 17.3. The Hall–Kier alpha value is -2.89. The first-order valence-corrected chi connectivity index (χ1v) is 7.40. The van der Waals surface area contributed by atoms with E-state index in [-0.39, 0.29) is 40.8 Å². The van der Waals surface area contributed by atoms with Crippen LogP contribution in [0.1, 0.15) is 28.4 Å². The van der Waals surface area contributed by atoms with Gasteiger partial charge in [0.15, 0.2) is 17.3 Å². The lowest BCUT2D eigenvalue weighted by atomic mass is 9.95. The highest BCUT2D eigenvalue weighted by molar-refractivity contribution is 6.02. The van der Waals surface area contributed by atoms with E-state index in [1.165, 1.54) is 20.3 Å². The van der Waals surface area contributed by atoms with Gasteiger partial charge in [-0.25, -0.2) is 0 Å². The number of hydrogen-bond donors (Lipinski definition) is 1. The molecule has 0 saturated heterocycles. The second kappa shape index (κ2) is 6.31. The molecule has 2 aromatic rings. The zero-order valence-corrected chi connectivity index (χ0v) is 13.7. The summed E-state index contributed by atoms with van der Waals surface area (Å²) in [5, 5.41) is 10.4. The lowest BCUT2D eigenvalue weighted by Crippen LogP contribution is -2.20. The standard InChI is InChI=1S/C18H18O6/c1-21-11-6-4-10(5-7-11)14-9-13(19)12-8-15(22-2)18(23-3)16(20)17(12)24-14/h4-8,14,20H,9H2,1-3H3/t14-/m0/s1. The summed E-state index contributed by atoms with van der Waals surface area (Å²) in [6.45, 7) is 0. The minimum Gasteiger partial charge on any atom is -0.502 e. The van der Waals surface area contributed by atoms with Crippen molar-refractivity contribution >= 4 is 5.78 Å². The fourth-order valence-electron chi connectivity index (χ4n) is 2.75. The summed E-state index contributed by atoms with van der Waals surface area (Å²) in [4.78, 5) is 12.5. The fourth-order valence-corrected chi connectivity index (χ4v) is 2.75. The van der Waals surface area contributed by atoms with Crippen LogP contribution in [-0.4, -0.2) is 32.2 Å². The third kappa shape index (κ3) is 2.60. The Kier molecular flexibility index (Phi) is 4.20. The van der Waals surface area contributed by atoms with Gasteiger partial charge in [0.2, 0.25) is 11.5 Å². The number of rotatable bonds is 4. The number of phenolic OH excluding ortho intramolecular Hbond substituents is 1. The number of hydrogen-bond acceptors (Lipinski definition) is 6. The van der Waals surface area contributed by atoms with Crippen molar-refractivity contribution in [1.29, 1.82) is 0 Å². The van der Waals surface area contributed by atoms with E-state index in [1.807, 2.05) is 12.1 Å². The summed E-state index contributed by atoms with van der Waals surface area (Å²) in [6, 6.07) is 8.79. The molecule has 0 fully saturated rings. The van der Waals surface area contributed by atoms with Crippen LogP contribution in [0, 0.1) is 0 Å². The molecule has 0 radical (unpaired) electrons. The number of carbonyl (C=O) groups excluding carboxylic acids is 1. The third-order valence-electron chi connectivity index (χ3n) is 4.02. The van der Waals surface area contributed by atoms with Crippen LogP contribution in [0.5, 0.6) is 28.7 Å². The van der Waals surface area contributed by atoms with Crippen molar-refractivity contribution in [3.63, 3.8) is 0 Å². The van der Waals surface area contributed by atoms with Crippen molar-refractivity contribution in [3.05, 3.63) is 41.5 Å². The number of Topliss-reactive ketones (excluding diaryl/α,β-unsaturated/α-hetero) is 1. The SMILES string of the molecule is COc1ccc([C@@H]2CC(=O)c3cc(OC)c(OC)c(O)c3O2)cc1. The number of methoxy groups -OCH3 is 3. The summed E-state index contributed by atoms with van der Waals surface area (Å²) in [7, 11) is 4.44.